The molecular weight excluding hydrogens is 472 g/mol. The lowest BCUT2D eigenvalue weighted by molar-refractivity contribution is -0.384. The molecule has 0 saturated carbocycles. The third-order valence-electron chi connectivity index (χ3n) is 6.16. The zero-order valence-corrected chi connectivity index (χ0v) is 18.1. The predicted octanol–water partition coefficient (Wildman–Crippen LogP) is 5.87. The van der Waals surface area contributed by atoms with E-state index in [1.54, 1.807) is 6.07 Å². The van der Waals surface area contributed by atoms with Crippen LogP contribution >= 0.6 is 15.9 Å². The number of ketones is 1. The third kappa shape index (κ3) is 2.44. The van der Waals surface area contributed by atoms with Crippen LogP contribution in [0, 0.1) is 10.1 Å². The van der Waals surface area contributed by atoms with Gasteiger partial charge in [-0.1, -0.05) is 34.1 Å². The molecule has 0 saturated heterocycles. The van der Waals surface area contributed by atoms with Crippen molar-refractivity contribution >= 4 is 54.9 Å². The van der Waals surface area contributed by atoms with Crippen LogP contribution in [0.1, 0.15) is 21.5 Å². The van der Waals surface area contributed by atoms with E-state index in [9.17, 15) is 14.9 Å². The molecule has 1 atom stereocenters. The lowest BCUT2D eigenvalue weighted by atomic mass is 9.79. The monoisotopic (exact) mass is 486 g/mol. The Hall–Kier alpha value is -3.91. The minimum atomic E-state index is -1.25. The lowest BCUT2D eigenvalue weighted by Crippen LogP contribution is -2.39. The summed E-state index contributed by atoms with van der Waals surface area (Å²) >= 11 is 3.53. The number of carbonyl (C=O) groups is 1. The summed E-state index contributed by atoms with van der Waals surface area (Å²) in [6.45, 7) is 0. The standard InChI is InChI=1S/C24H15BrN4O3/c25-13-5-7-21-16(9-13)19(12-27-21)24(18-11-26-20-4-2-1-3-15(18)20)23(30)17-10-14(29(31)32)6-8-22(17)28-24/h1-12,26-28H. The lowest BCUT2D eigenvalue weighted by Gasteiger charge is -2.28. The van der Waals surface area contributed by atoms with Crippen LogP contribution in [-0.4, -0.2) is 20.7 Å². The number of carbonyl (C=O) groups excluding carboxylic acids is 1. The fourth-order valence-electron chi connectivity index (χ4n) is 4.71. The van der Waals surface area contributed by atoms with Gasteiger partial charge in [0, 0.05) is 67.6 Å². The van der Waals surface area contributed by atoms with E-state index >= 15 is 0 Å². The fourth-order valence-corrected chi connectivity index (χ4v) is 5.07. The minimum absolute atomic E-state index is 0.115. The summed E-state index contributed by atoms with van der Waals surface area (Å²) in [5.41, 5.74) is 2.80. The van der Waals surface area contributed by atoms with Gasteiger partial charge in [-0.15, -0.1) is 0 Å². The topological polar surface area (TPSA) is 104 Å². The number of aromatic amines is 2. The van der Waals surface area contributed by atoms with Crippen LogP contribution in [0.25, 0.3) is 21.8 Å². The number of hydrogen-bond donors (Lipinski definition) is 3. The molecule has 5 aromatic rings. The zero-order chi connectivity index (χ0) is 22.0. The first-order chi connectivity index (χ1) is 15.5. The van der Waals surface area contributed by atoms with Crippen LogP contribution in [0.5, 0.6) is 0 Å². The molecule has 3 aromatic carbocycles. The first-order valence-corrected chi connectivity index (χ1v) is 10.7. The van der Waals surface area contributed by atoms with Crippen LogP contribution in [0.4, 0.5) is 11.4 Å². The number of H-pyrrole nitrogens is 2. The number of benzene rings is 3. The number of non-ortho nitro benzene ring substituents is 1. The molecule has 3 N–H and O–H groups in total. The number of nitrogens with one attached hydrogen (secondary N) is 3. The Morgan fingerprint density at radius 2 is 1.59 bits per heavy atom. The highest BCUT2D eigenvalue weighted by atomic mass is 79.9. The van der Waals surface area contributed by atoms with E-state index in [1.807, 2.05) is 54.9 Å². The Morgan fingerprint density at radius 3 is 2.38 bits per heavy atom. The number of nitro benzene ring substituents is 1. The van der Waals surface area contributed by atoms with Gasteiger partial charge in [0.05, 0.1) is 10.5 Å². The second-order valence-corrected chi connectivity index (χ2v) is 8.75. The molecule has 0 fully saturated rings. The highest BCUT2D eigenvalue weighted by Gasteiger charge is 2.51. The molecular formula is C24H15BrN4O3. The molecule has 0 aliphatic carbocycles. The fraction of sp³-hybridized carbons (Fsp3) is 0.0417. The molecule has 0 amide bonds. The molecule has 3 heterocycles. The zero-order valence-electron chi connectivity index (χ0n) is 16.5. The average Bonchev–Trinajstić information content (AvgIpc) is 3.48. The Balaban J connectivity index is 1.69. The third-order valence-corrected chi connectivity index (χ3v) is 6.66. The van der Waals surface area contributed by atoms with E-state index in [4.69, 9.17) is 0 Å². The molecule has 1 unspecified atom stereocenters. The number of fused-ring (bicyclic) bond motifs is 3. The van der Waals surface area contributed by atoms with Gasteiger partial charge in [0.2, 0.25) is 0 Å². The summed E-state index contributed by atoms with van der Waals surface area (Å²) in [6, 6.07) is 18.0. The van der Waals surface area contributed by atoms with Gasteiger partial charge in [-0.05, 0) is 30.3 Å². The molecule has 0 radical (unpaired) electrons. The summed E-state index contributed by atoms with van der Waals surface area (Å²) in [4.78, 5) is 31.6. The molecule has 32 heavy (non-hydrogen) atoms. The first kappa shape index (κ1) is 18.8. The van der Waals surface area contributed by atoms with E-state index < -0.39 is 10.5 Å². The van der Waals surface area contributed by atoms with Gasteiger partial charge >= 0.3 is 0 Å². The van der Waals surface area contributed by atoms with Crippen molar-refractivity contribution in [1.29, 1.82) is 0 Å². The normalized spacial score (nSPS) is 17.6. The van der Waals surface area contributed by atoms with Crippen LogP contribution in [0.2, 0.25) is 0 Å². The SMILES string of the molecule is O=C1c2cc([N+](=O)[O-])ccc2NC1(c1c[nH]c2ccccc12)c1c[nH]c2ccc(Br)cc12. The number of anilines is 1. The van der Waals surface area contributed by atoms with Gasteiger partial charge in [-0.3, -0.25) is 14.9 Å². The quantitative estimate of drug-likeness (QED) is 0.219. The maximum Gasteiger partial charge on any atom is 0.270 e. The van der Waals surface area contributed by atoms with Gasteiger partial charge in [0.1, 0.15) is 0 Å². The van der Waals surface area contributed by atoms with Crippen molar-refractivity contribution in [3.05, 3.63) is 104 Å². The summed E-state index contributed by atoms with van der Waals surface area (Å²) in [7, 11) is 0. The van der Waals surface area contributed by atoms with Crippen molar-refractivity contribution in [2.75, 3.05) is 5.32 Å². The van der Waals surface area contributed by atoms with Crippen LogP contribution in [-0.2, 0) is 5.54 Å². The molecule has 0 spiro atoms. The van der Waals surface area contributed by atoms with E-state index in [-0.39, 0.29) is 11.5 Å². The van der Waals surface area contributed by atoms with Gasteiger partial charge in [-0.2, -0.15) is 0 Å². The molecule has 2 aromatic heterocycles. The Kier molecular flexibility index (Phi) is 3.85. The van der Waals surface area contributed by atoms with E-state index in [0.29, 0.717) is 11.3 Å². The van der Waals surface area contributed by atoms with Gasteiger partial charge in [-0.25, -0.2) is 0 Å². The maximum atomic E-state index is 14.1. The Morgan fingerprint density at radius 1 is 0.875 bits per heavy atom. The Labute approximate surface area is 189 Å². The van der Waals surface area contributed by atoms with Crippen molar-refractivity contribution in [1.82, 2.24) is 9.97 Å². The molecule has 1 aliphatic heterocycles. The minimum Gasteiger partial charge on any atom is -0.364 e. The smallest absolute Gasteiger partial charge is 0.270 e. The van der Waals surface area contributed by atoms with Gasteiger partial charge in [0.25, 0.3) is 5.69 Å². The Bertz CT molecular complexity index is 1590. The summed E-state index contributed by atoms with van der Waals surface area (Å²) in [5.74, 6) is -0.234. The molecule has 6 rings (SSSR count). The van der Waals surface area contributed by atoms with E-state index in [1.165, 1.54) is 12.1 Å². The van der Waals surface area contributed by atoms with Gasteiger partial charge in [0.15, 0.2) is 11.3 Å². The molecule has 0 bridgehead atoms. The van der Waals surface area contributed by atoms with Crippen molar-refractivity contribution in [3.63, 3.8) is 0 Å². The highest BCUT2D eigenvalue weighted by molar-refractivity contribution is 9.10. The molecule has 7 nitrogen and oxygen atoms in total. The van der Waals surface area contributed by atoms with Crippen LogP contribution in [0.3, 0.4) is 0 Å². The van der Waals surface area contributed by atoms with E-state index in [2.05, 4.69) is 31.2 Å². The number of rotatable bonds is 3. The van der Waals surface area contributed by atoms with Crippen LogP contribution < -0.4 is 5.32 Å². The molecule has 156 valence electrons. The highest BCUT2D eigenvalue weighted by Crippen LogP contribution is 2.48. The van der Waals surface area contributed by atoms with Crippen molar-refractivity contribution in [2.24, 2.45) is 0 Å². The second kappa shape index (κ2) is 6.54. The van der Waals surface area contributed by atoms with E-state index in [0.717, 1.165) is 37.4 Å². The van der Waals surface area contributed by atoms with Gasteiger partial charge < -0.3 is 15.3 Å². The second-order valence-electron chi connectivity index (χ2n) is 7.83. The number of hydrogen-bond acceptors (Lipinski definition) is 4. The number of para-hydroxylation sites is 1. The summed E-state index contributed by atoms with van der Waals surface area (Å²) in [6.07, 6.45) is 3.68. The number of nitro groups is 1. The number of nitrogens with zero attached hydrogens (tertiary/aromatic N) is 1. The largest absolute Gasteiger partial charge is 0.364 e. The predicted molar refractivity (Wildman–Crippen MR) is 126 cm³/mol. The van der Waals surface area contributed by atoms with Crippen molar-refractivity contribution < 1.29 is 9.72 Å². The van der Waals surface area contributed by atoms with Crippen molar-refractivity contribution in [3.8, 4) is 0 Å². The van der Waals surface area contributed by atoms with Crippen LogP contribution in [0.15, 0.2) is 77.5 Å². The molecule has 1 aliphatic rings. The summed E-state index contributed by atoms with van der Waals surface area (Å²) in [5, 5.41) is 16.6. The number of halogens is 1. The van der Waals surface area contributed by atoms with Crippen molar-refractivity contribution in [2.45, 2.75) is 5.54 Å². The maximum absolute atomic E-state index is 14.1. The number of Topliss-reactive ketones (excluding diaryl/α,β-unsaturated/α-hetero) is 1. The average molecular weight is 487 g/mol. The molecule has 8 heteroatoms. The first-order valence-electron chi connectivity index (χ1n) is 9.94. The number of aromatic nitrogens is 2. The summed E-state index contributed by atoms with van der Waals surface area (Å²) < 4.78 is 0.888.